The lowest BCUT2D eigenvalue weighted by molar-refractivity contribution is -0.705. The van der Waals surface area contributed by atoms with E-state index >= 15 is 0 Å². The molecule has 0 aliphatic carbocycles. The smallest absolute Gasteiger partial charge is 0.198 e. The van der Waals surface area contributed by atoms with E-state index in [1.54, 1.807) is 0 Å². The first-order valence-electron chi connectivity index (χ1n) is 4.85. The Morgan fingerprint density at radius 1 is 1.38 bits per heavy atom. The van der Waals surface area contributed by atoms with Crippen molar-refractivity contribution in [3.05, 3.63) is 35.2 Å². The van der Waals surface area contributed by atoms with Gasteiger partial charge in [-0.05, 0) is 19.9 Å². The molecule has 1 nitrogen and oxygen atoms in total. The van der Waals surface area contributed by atoms with Gasteiger partial charge in [-0.25, -0.2) is 0 Å². The third-order valence-electron chi connectivity index (χ3n) is 2.58. The standard InChI is InChI=1S/C12H16N/c1-9-4-5-12-11(3)6-10(2)8-13(12)7-9/h4-6,8-9H,7H2,1-3H3/q+1. The van der Waals surface area contributed by atoms with Gasteiger partial charge in [0.2, 0.25) is 5.69 Å². The van der Waals surface area contributed by atoms with Crippen LogP contribution >= 0.6 is 0 Å². The minimum atomic E-state index is 0.665. The number of fused-ring (bicyclic) bond motifs is 1. The van der Waals surface area contributed by atoms with Crippen LogP contribution in [0.4, 0.5) is 0 Å². The van der Waals surface area contributed by atoms with Crippen molar-refractivity contribution in [1.82, 2.24) is 0 Å². The fourth-order valence-electron chi connectivity index (χ4n) is 2.00. The van der Waals surface area contributed by atoms with Gasteiger partial charge in [-0.1, -0.05) is 13.0 Å². The second kappa shape index (κ2) is 2.99. The van der Waals surface area contributed by atoms with Crippen LogP contribution in [0.2, 0.25) is 0 Å². The van der Waals surface area contributed by atoms with Crippen molar-refractivity contribution in [3.63, 3.8) is 0 Å². The molecule has 1 aromatic heterocycles. The highest BCUT2D eigenvalue weighted by atomic mass is 15.0. The fourth-order valence-corrected chi connectivity index (χ4v) is 2.00. The zero-order chi connectivity index (χ0) is 9.42. The highest BCUT2D eigenvalue weighted by molar-refractivity contribution is 5.47. The molecule has 0 bridgehead atoms. The van der Waals surface area contributed by atoms with Gasteiger partial charge >= 0.3 is 0 Å². The molecule has 0 spiro atoms. The Bertz CT molecular complexity index is 364. The van der Waals surface area contributed by atoms with Crippen molar-refractivity contribution in [3.8, 4) is 0 Å². The summed E-state index contributed by atoms with van der Waals surface area (Å²) in [6, 6.07) is 2.24. The summed E-state index contributed by atoms with van der Waals surface area (Å²) in [5.41, 5.74) is 4.09. The molecule has 0 N–H and O–H groups in total. The number of nitrogens with zero attached hydrogens (tertiary/aromatic N) is 1. The Labute approximate surface area is 79.7 Å². The minimum Gasteiger partial charge on any atom is -0.198 e. The van der Waals surface area contributed by atoms with Gasteiger partial charge < -0.3 is 0 Å². The van der Waals surface area contributed by atoms with E-state index in [1.165, 1.54) is 16.8 Å². The molecular formula is C12H16N+. The lowest BCUT2D eigenvalue weighted by Crippen LogP contribution is -2.42. The van der Waals surface area contributed by atoms with Gasteiger partial charge in [0.1, 0.15) is 0 Å². The average molecular weight is 174 g/mol. The van der Waals surface area contributed by atoms with Crippen LogP contribution in [0.25, 0.3) is 6.08 Å². The van der Waals surface area contributed by atoms with Crippen LogP contribution in [0.3, 0.4) is 0 Å². The normalized spacial score (nSPS) is 20.1. The zero-order valence-electron chi connectivity index (χ0n) is 8.54. The van der Waals surface area contributed by atoms with Crippen molar-refractivity contribution in [1.29, 1.82) is 0 Å². The van der Waals surface area contributed by atoms with E-state index in [4.69, 9.17) is 0 Å². The number of aromatic nitrogens is 1. The van der Waals surface area contributed by atoms with Gasteiger partial charge in [0.05, 0.1) is 0 Å². The third kappa shape index (κ3) is 1.51. The van der Waals surface area contributed by atoms with Crippen molar-refractivity contribution in [2.45, 2.75) is 27.3 Å². The zero-order valence-corrected chi connectivity index (χ0v) is 8.54. The van der Waals surface area contributed by atoms with Gasteiger partial charge in [0.15, 0.2) is 12.7 Å². The monoisotopic (exact) mass is 174 g/mol. The Hall–Kier alpha value is -1.11. The van der Waals surface area contributed by atoms with Crippen molar-refractivity contribution < 1.29 is 4.57 Å². The number of aryl methyl sites for hydroxylation is 2. The first-order chi connectivity index (χ1) is 6.16. The van der Waals surface area contributed by atoms with E-state index in [0.717, 1.165) is 6.54 Å². The lowest BCUT2D eigenvalue weighted by atomic mass is 10.0. The molecule has 2 rings (SSSR count). The summed E-state index contributed by atoms with van der Waals surface area (Å²) < 4.78 is 2.36. The molecule has 0 saturated carbocycles. The molecule has 1 aliphatic heterocycles. The molecule has 68 valence electrons. The first-order valence-corrected chi connectivity index (χ1v) is 4.85. The number of pyridine rings is 1. The van der Waals surface area contributed by atoms with E-state index in [2.05, 4.69) is 49.8 Å². The van der Waals surface area contributed by atoms with Gasteiger partial charge in [0, 0.05) is 23.1 Å². The first kappa shape index (κ1) is 8.49. The SMILES string of the molecule is Cc1cc(C)c2[n+](c1)CC(C)C=C2. The van der Waals surface area contributed by atoms with E-state index in [1.807, 2.05) is 0 Å². The number of hydrogen-bond donors (Lipinski definition) is 0. The molecule has 0 fully saturated rings. The van der Waals surface area contributed by atoms with Crippen molar-refractivity contribution >= 4 is 6.08 Å². The minimum absolute atomic E-state index is 0.665. The lowest BCUT2D eigenvalue weighted by Gasteiger charge is -2.12. The summed E-state index contributed by atoms with van der Waals surface area (Å²) in [4.78, 5) is 0. The number of hydrogen-bond acceptors (Lipinski definition) is 0. The molecule has 0 saturated heterocycles. The molecule has 1 heteroatoms. The molecule has 13 heavy (non-hydrogen) atoms. The molecule has 1 aliphatic rings. The predicted octanol–water partition coefficient (Wildman–Crippen LogP) is 2.25. The number of allylic oxidation sites excluding steroid dienone is 1. The molecule has 0 amide bonds. The van der Waals surface area contributed by atoms with Crippen LogP contribution < -0.4 is 4.57 Å². The molecule has 1 unspecified atom stereocenters. The van der Waals surface area contributed by atoms with Gasteiger partial charge in [0.25, 0.3) is 0 Å². The summed E-state index contributed by atoms with van der Waals surface area (Å²) in [6.07, 6.45) is 6.77. The second-order valence-electron chi connectivity index (χ2n) is 4.07. The van der Waals surface area contributed by atoms with E-state index < -0.39 is 0 Å². The third-order valence-corrected chi connectivity index (χ3v) is 2.58. The molecule has 0 aromatic carbocycles. The van der Waals surface area contributed by atoms with E-state index in [-0.39, 0.29) is 0 Å². The van der Waals surface area contributed by atoms with Gasteiger partial charge in [-0.15, -0.1) is 0 Å². The van der Waals surface area contributed by atoms with Crippen LogP contribution in [-0.2, 0) is 6.54 Å². The van der Waals surface area contributed by atoms with Crippen LogP contribution in [-0.4, -0.2) is 0 Å². The van der Waals surface area contributed by atoms with Crippen LogP contribution in [0.15, 0.2) is 18.3 Å². The van der Waals surface area contributed by atoms with E-state index in [0.29, 0.717) is 5.92 Å². The average Bonchev–Trinajstić information content (AvgIpc) is 2.02. The summed E-state index contributed by atoms with van der Waals surface area (Å²) in [7, 11) is 0. The highest BCUT2D eigenvalue weighted by Gasteiger charge is 2.18. The maximum atomic E-state index is 2.36. The maximum Gasteiger partial charge on any atom is 0.207 e. The van der Waals surface area contributed by atoms with Gasteiger partial charge in [-0.2, -0.15) is 4.57 Å². The highest BCUT2D eigenvalue weighted by Crippen LogP contribution is 2.14. The van der Waals surface area contributed by atoms with Crippen LogP contribution in [0, 0.1) is 19.8 Å². The number of rotatable bonds is 0. The van der Waals surface area contributed by atoms with E-state index in [9.17, 15) is 0 Å². The van der Waals surface area contributed by atoms with Crippen LogP contribution in [0.1, 0.15) is 23.7 Å². The predicted molar refractivity (Wildman–Crippen MR) is 54.3 cm³/mol. The maximum absolute atomic E-state index is 2.36. The summed E-state index contributed by atoms with van der Waals surface area (Å²) in [6.45, 7) is 7.71. The second-order valence-corrected chi connectivity index (χ2v) is 4.07. The quantitative estimate of drug-likeness (QED) is 0.531. The molecular weight excluding hydrogens is 158 g/mol. The Morgan fingerprint density at radius 3 is 2.92 bits per heavy atom. The van der Waals surface area contributed by atoms with Crippen molar-refractivity contribution in [2.24, 2.45) is 5.92 Å². The largest absolute Gasteiger partial charge is 0.207 e. The fraction of sp³-hybridized carbons (Fsp3) is 0.417. The van der Waals surface area contributed by atoms with Crippen LogP contribution in [0.5, 0.6) is 0 Å². The summed E-state index contributed by atoms with van der Waals surface area (Å²) in [5, 5.41) is 0. The molecule has 1 aromatic rings. The van der Waals surface area contributed by atoms with Gasteiger partial charge in [-0.3, -0.25) is 0 Å². The molecule has 0 radical (unpaired) electrons. The topological polar surface area (TPSA) is 3.88 Å². The van der Waals surface area contributed by atoms with Crippen molar-refractivity contribution in [2.75, 3.05) is 0 Å². The Balaban J connectivity index is 2.56. The Kier molecular flexibility index (Phi) is 1.95. The Morgan fingerprint density at radius 2 is 2.15 bits per heavy atom. The molecule has 1 atom stereocenters. The molecule has 2 heterocycles. The summed E-state index contributed by atoms with van der Waals surface area (Å²) in [5.74, 6) is 0.665. The summed E-state index contributed by atoms with van der Waals surface area (Å²) >= 11 is 0.